The Hall–Kier alpha value is -0.0400. The van der Waals surface area contributed by atoms with E-state index in [0.717, 1.165) is 23.8 Å². The maximum absolute atomic E-state index is 4.03. The zero-order valence-electron chi connectivity index (χ0n) is 14.7. The fourth-order valence-electron chi connectivity index (χ4n) is 4.80. The molecule has 0 aromatic rings. The first kappa shape index (κ1) is 17.3. The highest BCUT2D eigenvalue weighted by Crippen LogP contribution is 2.38. The molecule has 0 aromatic heterocycles. The van der Waals surface area contributed by atoms with Crippen molar-refractivity contribution in [2.45, 2.75) is 103 Å². The van der Waals surface area contributed by atoms with E-state index in [9.17, 15) is 0 Å². The fraction of sp³-hybridized carbons (Fsp3) is 1.00. The van der Waals surface area contributed by atoms with Crippen molar-refractivity contribution < 1.29 is 0 Å². The Morgan fingerprint density at radius 3 is 2.33 bits per heavy atom. The number of rotatable bonds is 8. The van der Waals surface area contributed by atoms with Crippen molar-refractivity contribution in [3.63, 3.8) is 0 Å². The van der Waals surface area contributed by atoms with E-state index < -0.39 is 0 Å². The van der Waals surface area contributed by atoms with Crippen molar-refractivity contribution in [1.29, 1.82) is 0 Å². The molecule has 0 amide bonds. The summed E-state index contributed by atoms with van der Waals surface area (Å²) < 4.78 is 0. The molecule has 0 bridgehead atoms. The summed E-state index contributed by atoms with van der Waals surface area (Å²) in [4.78, 5) is 0. The van der Waals surface area contributed by atoms with Gasteiger partial charge in [0, 0.05) is 6.04 Å². The third kappa shape index (κ3) is 5.58. The van der Waals surface area contributed by atoms with Gasteiger partial charge >= 0.3 is 0 Å². The van der Waals surface area contributed by atoms with Crippen molar-refractivity contribution in [3.05, 3.63) is 0 Å². The second-order valence-electron chi connectivity index (χ2n) is 7.78. The smallest absolute Gasteiger partial charge is 0.00980 e. The van der Waals surface area contributed by atoms with E-state index in [1.54, 1.807) is 0 Å². The highest BCUT2D eigenvalue weighted by molar-refractivity contribution is 4.87. The first-order valence-electron chi connectivity index (χ1n) is 10.1. The molecule has 0 heterocycles. The molecule has 21 heavy (non-hydrogen) atoms. The molecule has 3 atom stereocenters. The molecule has 1 N–H and O–H groups in total. The maximum atomic E-state index is 4.03. The minimum atomic E-state index is 0.845. The third-order valence-electron chi connectivity index (χ3n) is 6.29. The van der Waals surface area contributed by atoms with Gasteiger partial charge in [0.05, 0.1) is 0 Å². The summed E-state index contributed by atoms with van der Waals surface area (Å²) in [6, 6.07) is 0.845. The second kappa shape index (κ2) is 9.87. The zero-order valence-corrected chi connectivity index (χ0v) is 14.7. The minimum Gasteiger partial charge on any atom is -0.313 e. The summed E-state index contributed by atoms with van der Waals surface area (Å²) in [5.41, 5.74) is 0. The highest BCUT2D eigenvalue weighted by Gasteiger charge is 2.32. The lowest BCUT2D eigenvalue weighted by Gasteiger charge is -2.40. The molecule has 2 aliphatic rings. The lowest BCUT2D eigenvalue weighted by atomic mass is 9.71. The molecule has 124 valence electrons. The van der Waals surface area contributed by atoms with Crippen LogP contribution < -0.4 is 5.32 Å². The van der Waals surface area contributed by atoms with Crippen LogP contribution >= 0.6 is 0 Å². The Kier molecular flexibility index (Phi) is 8.14. The summed E-state index contributed by atoms with van der Waals surface area (Å²) in [5.74, 6) is 2.97. The van der Waals surface area contributed by atoms with Crippen LogP contribution in [0.5, 0.6) is 0 Å². The molecule has 2 rings (SSSR count). The van der Waals surface area contributed by atoms with E-state index in [4.69, 9.17) is 0 Å². The average Bonchev–Trinajstić information content (AvgIpc) is 2.56. The van der Waals surface area contributed by atoms with Crippen LogP contribution in [0.4, 0.5) is 0 Å². The van der Waals surface area contributed by atoms with Gasteiger partial charge in [0.1, 0.15) is 0 Å². The van der Waals surface area contributed by atoms with Crippen LogP contribution in [-0.4, -0.2) is 12.6 Å². The largest absolute Gasteiger partial charge is 0.313 e. The molecule has 2 aliphatic carbocycles. The Morgan fingerprint density at radius 1 is 0.905 bits per heavy atom. The highest BCUT2D eigenvalue weighted by atomic mass is 14.9. The number of unbranched alkanes of at least 4 members (excludes halogenated alkanes) is 1. The molecule has 2 saturated carbocycles. The lowest BCUT2D eigenvalue weighted by molar-refractivity contribution is 0.146. The van der Waals surface area contributed by atoms with Crippen LogP contribution in [0.3, 0.4) is 0 Å². The summed E-state index contributed by atoms with van der Waals surface area (Å²) in [6.45, 7) is 5.98. The molecular formula is C20H39N. The van der Waals surface area contributed by atoms with E-state index in [0.29, 0.717) is 0 Å². The molecule has 0 radical (unpaired) electrons. The molecule has 0 spiro atoms. The Balaban J connectivity index is 1.80. The van der Waals surface area contributed by atoms with Gasteiger partial charge in [-0.15, -0.1) is 0 Å². The third-order valence-corrected chi connectivity index (χ3v) is 6.29. The van der Waals surface area contributed by atoms with Crippen molar-refractivity contribution >= 4 is 0 Å². The van der Waals surface area contributed by atoms with Gasteiger partial charge in [0.15, 0.2) is 0 Å². The van der Waals surface area contributed by atoms with Crippen LogP contribution in [0.15, 0.2) is 0 Å². The number of hydrogen-bond donors (Lipinski definition) is 1. The number of nitrogens with one attached hydrogen (secondary N) is 1. The van der Waals surface area contributed by atoms with Crippen molar-refractivity contribution in [2.24, 2.45) is 17.8 Å². The predicted octanol–water partition coefficient (Wildman–Crippen LogP) is 5.93. The topological polar surface area (TPSA) is 12.0 Å². The van der Waals surface area contributed by atoms with Gasteiger partial charge in [-0.3, -0.25) is 0 Å². The van der Waals surface area contributed by atoms with Gasteiger partial charge in [-0.05, 0) is 43.6 Å². The Bertz CT molecular complexity index is 257. The van der Waals surface area contributed by atoms with Gasteiger partial charge in [0.25, 0.3) is 0 Å². The molecule has 3 unspecified atom stereocenters. The van der Waals surface area contributed by atoms with E-state index >= 15 is 0 Å². The van der Waals surface area contributed by atoms with Gasteiger partial charge in [-0.25, -0.2) is 0 Å². The molecular weight excluding hydrogens is 254 g/mol. The number of hydrogen-bond acceptors (Lipinski definition) is 1. The first-order chi connectivity index (χ1) is 10.3. The van der Waals surface area contributed by atoms with Crippen LogP contribution in [-0.2, 0) is 0 Å². The van der Waals surface area contributed by atoms with Crippen LogP contribution in [0.1, 0.15) is 97.3 Å². The van der Waals surface area contributed by atoms with E-state index in [2.05, 4.69) is 19.2 Å². The normalized spacial score (nSPS) is 29.4. The average molecular weight is 294 g/mol. The van der Waals surface area contributed by atoms with Gasteiger partial charge in [-0.2, -0.15) is 0 Å². The van der Waals surface area contributed by atoms with E-state index in [-0.39, 0.29) is 0 Å². The standard InChI is InChI=1S/C20H39N/c1-3-5-11-17(4-2)16-21-20-15-10-9-14-19(20)18-12-7-6-8-13-18/h17-21H,3-16H2,1-2H3. The molecule has 0 aromatic carbocycles. The Labute approximate surface area is 133 Å². The van der Waals surface area contributed by atoms with Gasteiger partial charge in [0.2, 0.25) is 0 Å². The molecule has 2 fully saturated rings. The lowest BCUT2D eigenvalue weighted by Crippen LogP contribution is -2.44. The molecule has 0 aliphatic heterocycles. The SMILES string of the molecule is CCCCC(CC)CNC1CCCCC1C1CCCCC1. The van der Waals surface area contributed by atoms with Gasteiger partial charge in [-0.1, -0.05) is 78.1 Å². The summed E-state index contributed by atoms with van der Waals surface area (Å²) >= 11 is 0. The molecule has 1 heteroatoms. The van der Waals surface area contributed by atoms with Crippen molar-refractivity contribution in [2.75, 3.05) is 6.54 Å². The fourth-order valence-corrected chi connectivity index (χ4v) is 4.80. The molecule has 1 nitrogen and oxygen atoms in total. The van der Waals surface area contributed by atoms with E-state index in [1.807, 2.05) is 0 Å². The van der Waals surface area contributed by atoms with Crippen LogP contribution in [0.25, 0.3) is 0 Å². The zero-order chi connectivity index (χ0) is 14.9. The summed E-state index contributed by atoms with van der Waals surface area (Å²) in [6.07, 6.45) is 19.0. The second-order valence-corrected chi connectivity index (χ2v) is 7.78. The summed E-state index contributed by atoms with van der Waals surface area (Å²) in [5, 5.41) is 4.03. The first-order valence-corrected chi connectivity index (χ1v) is 10.1. The summed E-state index contributed by atoms with van der Waals surface area (Å²) in [7, 11) is 0. The Morgan fingerprint density at radius 2 is 1.62 bits per heavy atom. The van der Waals surface area contributed by atoms with Crippen LogP contribution in [0, 0.1) is 17.8 Å². The van der Waals surface area contributed by atoms with Crippen molar-refractivity contribution in [1.82, 2.24) is 5.32 Å². The van der Waals surface area contributed by atoms with Crippen molar-refractivity contribution in [3.8, 4) is 0 Å². The van der Waals surface area contributed by atoms with E-state index in [1.165, 1.54) is 90.0 Å². The minimum absolute atomic E-state index is 0.845. The quantitative estimate of drug-likeness (QED) is 0.584. The predicted molar refractivity (Wildman–Crippen MR) is 93.6 cm³/mol. The molecule has 0 saturated heterocycles. The monoisotopic (exact) mass is 293 g/mol. The maximum Gasteiger partial charge on any atom is 0.00980 e. The van der Waals surface area contributed by atoms with Gasteiger partial charge < -0.3 is 5.32 Å². The van der Waals surface area contributed by atoms with Crippen LogP contribution in [0.2, 0.25) is 0 Å².